The van der Waals surface area contributed by atoms with Crippen LogP contribution in [0.5, 0.6) is 0 Å². The molecule has 2 N–H and O–H groups in total. The minimum atomic E-state index is -3.44. The molecule has 7 nitrogen and oxygen atoms in total. The lowest BCUT2D eigenvalue weighted by molar-refractivity contribution is 0.478. The van der Waals surface area contributed by atoms with Crippen LogP contribution in [0, 0.1) is 0 Å². The summed E-state index contributed by atoms with van der Waals surface area (Å²) >= 11 is 7.00. The van der Waals surface area contributed by atoms with Gasteiger partial charge in [-0.15, -0.1) is 11.3 Å². The summed E-state index contributed by atoms with van der Waals surface area (Å²) in [5, 5.41) is 8.62. The van der Waals surface area contributed by atoms with Gasteiger partial charge in [0.1, 0.15) is 9.36 Å². The number of aromatic nitrogens is 1. The van der Waals surface area contributed by atoms with E-state index in [0.717, 1.165) is 18.5 Å². The van der Waals surface area contributed by atoms with E-state index in [1.807, 2.05) is 13.0 Å². The molecule has 2 aromatic rings. The van der Waals surface area contributed by atoms with Crippen LogP contribution in [0.1, 0.15) is 12.5 Å². The Labute approximate surface area is 169 Å². The summed E-state index contributed by atoms with van der Waals surface area (Å²) in [5.74, 6) is 0.654. The molecule has 0 saturated heterocycles. The molecular formula is C17H24ClN5O2S2. The number of hydrogen-bond donors (Lipinski definition) is 2. The smallest absolute Gasteiger partial charge is 0.252 e. The van der Waals surface area contributed by atoms with Crippen molar-refractivity contribution in [2.75, 3.05) is 33.2 Å². The summed E-state index contributed by atoms with van der Waals surface area (Å²) in [6.07, 6.45) is 2.53. The topological polar surface area (TPSA) is 86.7 Å². The Kier molecular flexibility index (Phi) is 8.49. The third-order valence-corrected chi connectivity index (χ3v) is 7.14. The van der Waals surface area contributed by atoms with Crippen LogP contribution in [0.25, 0.3) is 0 Å². The van der Waals surface area contributed by atoms with Gasteiger partial charge in [-0.25, -0.2) is 13.4 Å². The zero-order valence-electron chi connectivity index (χ0n) is 15.4. The van der Waals surface area contributed by atoms with Gasteiger partial charge in [-0.1, -0.05) is 23.7 Å². The van der Waals surface area contributed by atoms with Crippen molar-refractivity contribution in [3.63, 3.8) is 0 Å². The largest absolute Gasteiger partial charge is 0.357 e. The Morgan fingerprint density at radius 1 is 1.33 bits per heavy atom. The van der Waals surface area contributed by atoms with Gasteiger partial charge >= 0.3 is 0 Å². The van der Waals surface area contributed by atoms with Crippen LogP contribution in [0.3, 0.4) is 0 Å². The number of guanidine groups is 1. The summed E-state index contributed by atoms with van der Waals surface area (Å²) < 4.78 is 26.4. The average Bonchev–Trinajstić information content (AvgIpc) is 3.19. The van der Waals surface area contributed by atoms with Gasteiger partial charge in [0.05, 0.1) is 6.54 Å². The fraction of sp³-hybridized carbons (Fsp3) is 0.412. The van der Waals surface area contributed by atoms with Gasteiger partial charge in [-0.2, -0.15) is 4.31 Å². The van der Waals surface area contributed by atoms with Crippen LogP contribution >= 0.6 is 22.9 Å². The van der Waals surface area contributed by atoms with Gasteiger partial charge in [0.2, 0.25) is 0 Å². The number of pyridine rings is 1. The van der Waals surface area contributed by atoms with E-state index in [1.54, 1.807) is 36.8 Å². The molecule has 0 atom stereocenters. The van der Waals surface area contributed by atoms with Gasteiger partial charge in [0.25, 0.3) is 10.0 Å². The van der Waals surface area contributed by atoms with Gasteiger partial charge in [0.15, 0.2) is 5.96 Å². The number of likely N-dealkylation sites (N-methyl/N-ethyl adjacent to an activating group) is 1. The maximum absolute atomic E-state index is 12.4. The molecule has 2 rings (SSSR count). The Morgan fingerprint density at radius 2 is 2.15 bits per heavy atom. The Balaban J connectivity index is 1.84. The molecule has 2 aromatic heterocycles. The van der Waals surface area contributed by atoms with E-state index in [9.17, 15) is 8.42 Å². The number of nitrogens with one attached hydrogen (secondary N) is 2. The maximum Gasteiger partial charge on any atom is 0.252 e. The predicted molar refractivity (Wildman–Crippen MR) is 111 cm³/mol. The van der Waals surface area contributed by atoms with Crippen molar-refractivity contribution < 1.29 is 8.42 Å². The minimum Gasteiger partial charge on any atom is -0.357 e. The van der Waals surface area contributed by atoms with E-state index in [4.69, 9.17) is 11.6 Å². The summed E-state index contributed by atoms with van der Waals surface area (Å²) in [7, 11) is -1.87. The van der Waals surface area contributed by atoms with Crippen molar-refractivity contribution in [1.29, 1.82) is 0 Å². The quantitative estimate of drug-likeness (QED) is 0.362. The molecule has 0 fully saturated rings. The van der Waals surface area contributed by atoms with Crippen molar-refractivity contribution >= 4 is 38.9 Å². The van der Waals surface area contributed by atoms with Crippen LogP contribution in [0.4, 0.5) is 0 Å². The highest BCUT2D eigenvalue weighted by atomic mass is 35.5. The first-order valence-corrected chi connectivity index (χ1v) is 11.3. The van der Waals surface area contributed by atoms with Gasteiger partial charge in [0, 0.05) is 32.9 Å². The van der Waals surface area contributed by atoms with E-state index in [-0.39, 0.29) is 0 Å². The molecule has 10 heteroatoms. The van der Waals surface area contributed by atoms with Crippen LogP contribution in [-0.4, -0.2) is 56.9 Å². The summed E-state index contributed by atoms with van der Waals surface area (Å²) in [4.78, 5) is 8.51. The number of nitrogens with zero attached hydrogens (tertiary/aromatic N) is 3. The normalized spacial score (nSPS) is 12.4. The number of thiophene rings is 1. The van der Waals surface area contributed by atoms with Gasteiger partial charge in [-0.05, 0) is 36.4 Å². The fourth-order valence-corrected chi connectivity index (χ4v) is 4.68. The molecule has 0 amide bonds. The monoisotopic (exact) mass is 429 g/mol. The van der Waals surface area contributed by atoms with Crippen molar-refractivity contribution in [2.45, 2.75) is 17.6 Å². The first-order chi connectivity index (χ1) is 12.9. The van der Waals surface area contributed by atoms with E-state index >= 15 is 0 Å². The van der Waals surface area contributed by atoms with E-state index < -0.39 is 10.0 Å². The molecular weight excluding hydrogens is 406 g/mol. The highest BCUT2D eigenvalue weighted by molar-refractivity contribution is 7.91. The van der Waals surface area contributed by atoms with Gasteiger partial charge in [-0.3, -0.25) is 4.99 Å². The molecule has 0 aliphatic rings. The summed E-state index contributed by atoms with van der Waals surface area (Å²) in [6.45, 7) is 4.04. The van der Waals surface area contributed by atoms with Crippen LogP contribution in [0.2, 0.25) is 5.15 Å². The van der Waals surface area contributed by atoms with Crippen LogP contribution < -0.4 is 10.6 Å². The molecule has 0 bridgehead atoms. The van der Waals surface area contributed by atoms with E-state index in [1.165, 1.54) is 15.6 Å². The first-order valence-electron chi connectivity index (χ1n) is 8.56. The Hall–Kier alpha value is -1.68. The molecule has 0 aliphatic heterocycles. The highest BCUT2D eigenvalue weighted by Crippen LogP contribution is 2.19. The SMILES string of the molecule is CCNC(=NCCN(C)S(=O)(=O)c1cccs1)NCCc1ccc(Cl)nc1. The molecule has 0 aromatic carbocycles. The molecule has 0 radical (unpaired) electrons. The number of halogens is 1. The fourth-order valence-electron chi connectivity index (χ4n) is 2.21. The van der Waals surface area contributed by atoms with Gasteiger partial charge < -0.3 is 10.6 Å². The van der Waals surface area contributed by atoms with E-state index in [2.05, 4.69) is 20.6 Å². The summed E-state index contributed by atoms with van der Waals surface area (Å²) in [5.41, 5.74) is 1.07. The molecule has 148 valence electrons. The van der Waals surface area contributed by atoms with Crippen molar-refractivity contribution in [1.82, 2.24) is 19.9 Å². The third kappa shape index (κ3) is 6.76. The maximum atomic E-state index is 12.4. The standard InChI is InChI=1S/C17H24ClN5O2S2/c1-3-19-17(20-9-8-14-6-7-15(18)22-13-14)21-10-11-23(2)27(24,25)16-5-4-12-26-16/h4-7,12-13H,3,8-11H2,1-2H3,(H2,19,20,21). The van der Waals surface area contributed by atoms with E-state index in [0.29, 0.717) is 35.0 Å². The molecule has 2 heterocycles. The zero-order chi connectivity index (χ0) is 19.7. The molecule has 0 unspecified atom stereocenters. The summed E-state index contributed by atoms with van der Waals surface area (Å²) in [6, 6.07) is 7.04. The molecule has 0 aliphatic carbocycles. The Morgan fingerprint density at radius 3 is 2.78 bits per heavy atom. The van der Waals surface area contributed by atoms with Crippen molar-refractivity contribution in [2.24, 2.45) is 4.99 Å². The minimum absolute atomic E-state index is 0.303. The number of rotatable bonds is 9. The second kappa shape index (κ2) is 10.6. The second-order valence-corrected chi connectivity index (χ2v) is 9.29. The second-order valence-electron chi connectivity index (χ2n) is 5.69. The van der Waals surface area contributed by atoms with Crippen molar-refractivity contribution in [3.05, 3.63) is 46.6 Å². The number of hydrogen-bond acceptors (Lipinski definition) is 5. The van der Waals surface area contributed by atoms with Crippen molar-refractivity contribution in [3.8, 4) is 0 Å². The predicted octanol–water partition coefficient (Wildman–Crippen LogP) is 2.21. The Bertz CT molecular complexity index is 824. The first kappa shape index (κ1) is 21.6. The van der Waals surface area contributed by atoms with Crippen LogP contribution in [-0.2, 0) is 16.4 Å². The number of aliphatic imine (C=N–C) groups is 1. The average molecular weight is 430 g/mol. The lowest BCUT2D eigenvalue weighted by atomic mass is 10.2. The molecule has 0 saturated carbocycles. The lowest BCUT2D eigenvalue weighted by Gasteiger charge is -2.16. The van der Waals surface area contributed by atoms with Crippen LogP contribution in [0.15, 0.2) is 45.0 Å². The molecule has 27 heavy (non-hydrogen) atoms. The zero-order valence-corrected chi connectivity index (χ0v) is 17.7. The lowest BCUT2D eigenvalue weighted by Crippen LogP contribution is -2.39. The third-order valence-electron chi connectivity index (χ3n) is 3.68. The number of sulfonamides is 1. The highest BCUT2D eigenvalue weighted by Gasteiger charge is 2.21. The molecule has 0 spiro atoms.